The van der Waals surface area contributed by atoms with Gasteiger partial charge in [0.05, 0.1) is 11.7 Å². The normalized spacial score (nSPS) is 16.1. The van der Waals surface area contributed by atoms with E-state index < -0.39 is 0 Å². The van der Waals surface area contributed by atoms with E-state index in [2.05, 4.69) is 36.3 Å². The second-order valence-corrected chi connectivity index (χ2v) is 8.82. The number of aromatic nitrogens is 2. The van der Waals surface area contributed by atoms with Gasteiger partial charge in [-0.3, -0.25) is 14.2 Å². The van der Waals surface area contributed by atoms with Crippen molar-refractivity contribution in [2.45, 2.75) is 46.1 Å². The fraction of sp³-hybridized carbons (Fsp3) is 0.409. The molecule has 0 saturated carbocycles. The molecule has 0 radical (unpaired) electrons. The molecule has 1 aromatic carbocycles. The van der Waals surface area contributed by atoms with Crippen LogP contribution in [0.1, 0.15) is 34.9 Å². The van der Waals surface area contributed by atoms with Crippen LogP contribution in [0.3, 0.4) is 0 Å². The number of aryl methyl sites for hydroxylation is 2. The fourth-order valence-corrected chi connectivity index (χ4v) is 5.26. The standard InChI is InChI=1S/C22H25N3O2S/c1-14-7-8-17-18(11-14)28-21-20(17)22(27)25(13-24-21)12-19(26)23-10-9-16-6-4-3-5-15(16)2/h3-6,13-14H,7-12H2,1-2H3,(H,23,26). The molecule has 0 saturated heterocycles. The number of carbonyl (C=O) groups is 1. The third-order valence-electron chi connectivity index (χ3n) is 5.57. The van der Waals surface area contributed by atoms with Crippen LogP contribution < -0.4 is 10.9 Å². The maximum absolute atomic E-state index is 13.0. The van der Waals surface area contributed by atoms with Gasteiger partial charge < -0.3 is 5.32 Å². The third kappa shape index (κ3) is 3.74. The summed E-state index contributed by atoms with van der Waals surface area (Å²) in [6.07, 6.45) is 5.35. The molecule has 4 rings (SSSR count). The summed E-state index contributed by atoms with van der Waals surface area (Å²) in [6, 6.07) is 8.16. The quantitative estimate of drug-likeness (QED) is 0.721. The highest BCUT2D eigenvalue weighted by Gasteiger charge is 2.23. The van der Waals surface area contributed by atoms with Gasteiger partial charge >= 0.3 is 0 Å². The second-order valence-electron chi connectivity index (χ2n) is 7.74. The molecule has 3 aromatic rings. The molecule has 0 fully saturated rings. The summed E-state index contributed by atoms with van der Waals surface area (Å²) >= 11 is 1.63. The second kappa shape index (κ2) is 7.87. The molecule has 0 spiro atoms. The van der Waals surface area contributed by atoms with E-state index in [1.165, 1.54) is 26.9 Å². The van der Waals surface area contributed by atoms with Gasteiger partial charge in [0.15, 0.2) is 0 Å². The zero-order valence-corrected chi connectivity index (χ0v) is 17.1. The molecule has 5 nitrogen and oxygen atoms in total. The van der Waals surface area contributed by atoms with Gasteiger partial charge in [0, 0.05) is 11.4 Å². The van der Waals surface area contributed by atoms with Gasteiger partial charge in [0.1, 0.15) is 11.4 Å². The lowest BCUT2D eigenvalue weighted by molar-refractivity contribution is -0.121. The van der Waals surface area contributed by atoms with Crippen LogP contribution in [0.25, 0.3) is 10.2 Å². The first-order valence-electron chi connectivity index (χ1n) is 9.84. The van der Waals surface area contributed by atoms with Crippen molar-refractivity contribution in [3.05, 3.63) is 62.5 Å². The number of hydrogen-bond donors (Lipinski definition) is 1. The van der Waals surface area contributed by atoms with Crippen LogP contribution in [0.5, 0.6) is 0 Å². The Kier molecular flexibility index (Phi) is 5.31. The smallest absolute Gasteiger partial charge is 0.262 e. The number of benzene rings is 1. The summed E-state index contributed by atoms with van der Waals surface area (Å²) < 4.78 is 1.44. The summed E-state index contributed by atoms with van der Waals surface area (Å²) in [5.74, 6) is 0.497. The summed E-state index contributed by atoms with van der Waals surface area (Å²) in [7, 11) is 0. The monoisotopic (exact) mass is 395 g/mol. The van der Waals surface area contributed by atoms with Crippen LogP contribution >= 0.6 is 11.3 Å². The third-order valence-corrected chi connectivity index (χ3v) is 6.74. The molecular formula is C22H25N3O2S. The zero-order valence-electron chi connectivity index (χ0n) is 16.3. The zero-order chi connectivity index (χ0) is 19.7. The summed E-state index contributed by atoms with van der Waals surface area (Å²) in [5.41, 5.74) is 3.51. The predicted octanol–water partition coefficient (Wildman–Crippen LogP) is 3.25. The first kappa shape index (κ1) is 18.9. The Hall–Kier alpha value is -2.47. The molecule has 1 N–H and O–H groups in total. The maximum Gasteiger partial charge on any atom is 0.262 e. The summed E-state index contributed by atoms with van der Waals surface area (Å²) in [6.45, 7) is 4.89. The van der Waals surface area contributed by atoms with Crippen LogP contribution in [0, 0.1) is 12.8 Å². The SMILES string of the molecule is Cc1ccccc1CCNC(=O)Cn1cnc2sc3c(c2c1=O)CCC(C)C3. The van der Waals surface area contributed by atoms with E-state index in [1.54, 1.807) is 11.3 Å². The predicted molar refractivity (Wildman–Crippen MR) is 113 cm³/mol. The van der Waals surface area contributed by atoms with Crippen LogP contribution in [0.2, 0.25) is 0 Å². The average molecular weight is 396 g/mol. The first-order valence-corrected chi connectivity index (χ1v) is 10.7. The molecule has 2 heterocycles. The molecule has 1 aliphatic carbocycles. The van der Waals surface area contributed by atoms with Crippen molar-refractivity contribution < 1.29 is 4.79 Å². The average Bonchev–Trinajstić information content (AvgIpc) is 3.04. The number of carbonyl (C=O) groups excluding carboxylic acids is 1. The highest BCUT2D eigenvalue weighted by molar-refractivity contribution is 7.18. The van der Waals surface area contributed by atoms with Gasteiger partial charge in [-0.25, -0.2) is 4.98 Å². The van der Waals surface area contributed by atoms with Crippen molar-refractivity contribution in [2.75, 3.05) is 6.54 Å². The molecule has 1 atom stereocenters. The van der Waals surface area contributed by atoms with E-state index in [0.717, 1.165) is 41.5 Å². The lowest BCUT2D eigenvalue weighted by Crippen LogP contribution is -2.33. The first-order chi connectivity index (χ1) is 13.5. The van der Waals surface area contributed by atoms with Gasteiger partial charge in [-0.05, 0) is 55.2 Å². The molecule has 1 aliphatic rings. The van der Waals surface area contributed by atoms with Crippen molar-refractivity contribution in [1.82, 2.24) is 14.9 Å². The van der Waals surface area contributed by atoms with Crippen molar-refractivity contribution in [3.8, 4) is 0 Å². The number of fused-ring (bicyclic) bond motifs is 3. The molecule has 0 aliphatic heterocycles. The lowest BCUT2D eigenvalue weighted by atomic mass is 9.89. The molecule has 1 amide bonds. The lowest BCUT2D eigenvalue weighted by Gasteiger charge is -2.17. The van der Waals surface area contributed by atoms with Crippen LogP contribution in [0.4, 0.5) is 0 Å². The Labute approximate surface area is 168 Å². The number of hydrogen-bond acceptors (Lipinski definition) is 4. The summed E-state index contributed by atoms with van der Waals surface area (Å²) in [5, 5.41) is 3.64. The molecule has 6 heteroatoms. The van der Waals surface area contributed by atoms with Crippen molar-refractivity contribution >= 4 is 27.5 Å². The van der Waals surface area contributed by atoms with Gasteiger partial charge in [0.2, 0.25) is 5.91 Å². The Balaban J connectivity index is 1.46. The number of nitrogens with zero attached hydrogens (tertiary/aromatic N) is 2. The highest BCUT2D eigenvalue weighted by atomic mass is 32.1. The molecule has 0 bridgehead atoms. The van der Waals surface area contributed by atoms with Crippen LogP contribution in [-0.2, 0) is 30.6 Å². The molecule has 1 unspecified atom stereocenters. The maximum atomic E-state index is 13.0. The fourth-order valence-electron chi connectivity index (χ4n) is 3.92. The Bertz CT molecular complexity index is 1080. The van der Waals surface area contributed by atoms with Crippen molar-refractivity contribution in [3.63, 3.8) is 0 Å². The number of amides is 1. The molecule has 146 valence electrons. The summed E-state index contributed by atoms with van der Waals surface area (Å²) in [4.78, 5) is 31.9. The van der Waals surface area contributed by atoms with Crippen LogP contribution in [0.15, 0.2) is 35.4 Å². The molecule has 28 heavy (non-hydrogen) atoms. The van der Waals surface area contributed by atoms with Gasteiger partial charge in [-0.2, -0.15) is 0 Å². The topological polar surface area (TPSA) is 64.0 Å². The minimum Gasteiger partial charge on any atom is -0.354 e. The largest absolute Gasteiger partial charge is 0.354 e. The Morgan fingerprint density at radius 1 is 1.36 bits per heavy atom. The van der Waals surface area contributed by atoms with E-state index in [9.17, 15) is 9.59 Å². The minimum absolute atomic E-state index is 0.0105. The van der Waals surface area contributed by atoms with Crippen LogP contribution in [-0.4, -0.2) is 22.0 Å². The Morgan fingerprint density at radius 3 is 3.00 bits per heavy atom. The van der Waals surface area contributed by atoms with E-state index >= 15 is 0 Å². The van der Waals surface area contributed by atoms with Gasteiger partial charge in [-0.1, -0.05) is 31.2 Å². The highest BCUT2D eigenvalue weighted by Crippen LogP contribution is 2.35. The van der Waals surface area contributed by atoms with Crippen molar-refractivity contribution in [1.29, 1.82) is 0 Å². The minimum atomic E-state index is -0.158. The van der Waals surface area contributed by atoms with E-state index in [-0.39, 0.29) is 18.0 Å². The van der Waals surface area contributed by atoms with E-state index in [4.69, 9.17) is 0 Å². The van der Waals surface area contributed by atoms with Gasteiger partial charge in [-0.15, -0.1) is 11.3 Å². The van der Waals surface area contributed by atoms with E-state index in [1.807, 2.05) is 12.1 Å². The number of nitrogens with one attached hydrogen (secondary N) is 1. The number of rotatable bonds is 5. The van der Waals surface area contributed by atoms with Crippen molar-refractivity contribution in [2.24, 2.45) is 5.92 Å². The molecular weight excluding hydrogens is 370 g/mol. The van der Waals surface area contributed by atoms with Gasteiger partial charge in [0.25, 0.3) is 5.56 Å². The molecule has 2 aromatic heterocycles. The Morgan fingerprint density at radius 2 is 2.18 bits per heavy atom. The number of thiophene rings is 1. The van der Waals surface area contributed by atoms with E-state index in [0.29, 0.717) is 12.5 Å².